The molecule has 0 radical (unpaired) electrons. The van der Waals surface area contributed by atoms with Gasteiger partial charge in [-0.3, -0.25) is 4.21 Å². The monoisotopic (exact) mass is 644 g/mol. The van der Waals surface area contributed by atoms with Crippen molar-refractivity contribution in [3.63, 3.8) is 0 Å². The standard InChI is InChI=1S/C20H19OPS.C10H14.2ClH.Ru/c21-23(20-14-8-3-9-15-20)17-16-22(18-10-4-1-5-11-18)19-12-6-2-7-13-19;1-8(2)10-6-4-9(3)5-7-10;;;/h1-15H,16-17H2;4-8H,1-3H3;2*1H;/q;;;;+2/p-2. The van der Waals surface area contributed by atoms with Crippen molar-refractivity contribution in [2.75, 3.05) is 11.9 Å². The molecule has 1 nitrogen and oxygen atoms in total. The summed E-state index contributed by atoms with van der Waals surface area (Å²) in [6.07, 6.45) is 0.935. The summed E-state index contributed by atoms with van der Waals surface area (Å²) in [6.45, 7) is 6.54. The van der Waals surface area contributed by atoms with E-state index in [0.29, 0.717) is 11.7 Å². The molecule has 1 atom stereocenters. The molecule has 4 aromatic carbocycles. The molecule has 0 aliphatic rings. The number of hydrogen-bond acceptors (Lipinski definition) is 1. The zero-order valence-corrected chi connectivity index (χ0v) is 25.8. The molecule has 0 saturated heterocycles. The van der Waals surface area contributed by atoms with Gasteiger partial charge in [0.2, 0.25) is 0 Å². The summed E-state index contributed by atoms with van der Waals surface area (Å²) in [5, 5.41) is 2.69. The van der Waals surface area contributed by atoms with Crippen LogP contribution >= 0.6 is 27.3 Å². The van der Waals surface area contributed by atoms with E-state index >= 15 is 0 Å². The van der Waals surface area contributed by atoms with Crippen LogP contribution in [0, 0.1) is 6.92 Å². The summed E-state index contributed by atoms with van der Waals surface area (Å²) < 4.78 is 12.5. The van der Waals surface area contributed by atoms with Crippen LogP contribution in [0.2, 0.25) is 0 Å². The Kier molecular flexibility index (Phi) is 15.4. The van der Waals surface area contributed by atoms with Crippen molar-refractivity contribution in [1.29, 1.82) is 0 Å². The molecule has 192 valence electrons. The van der Waals surface area contributed by atoms with Gasteiger partial charge in [0.15, 0.2) is 0 Å². The van der Waals surface area contributed by atoms with Gasteiger partial charge in [0.05, 0.1) is 10.8 Å². The Morgan fingerprint density at radius 1 is 0.722 bits per heavy atom. The molecular weight excluding hydrogens is 611 g/mol. The predicted molar refractivity (Wildman–Crippen MR) is 159 cm³/mol. The second-order valence-corrected chi connectivity index (χ2v) is 14.8. The maximum atomic E-state index is 12.5. The summed E-state index contributed by atoms with van der Waals surface area (Å²) in [6, 6.07) is 39.6. The van der Waals surface area contributed by atoms with E-state index in [1.165, 1.54) is 21.7 Å². The fourth-order valence-corrected chi connectivity index (χ4v) is 7.41. The number of benzene rings is 4. The Hall–Kier alpha value is -1.34. The van der Waals surface area contributed by atoms with Gasteiger partial charge in [-0.15, -0.1) is 0 Å². The number of hydrogen-bond donors (Lipinski definition) is 0. The van der Waals surface area contributed by atoms with Crippen LogP contribution in [-0.2, 0) is 25.9 Å². The fraction of sp³-hybridized carbons (Fsp3) is 0.200. The van der Waals surface area contributed by atoms with E-state index in [2.05, 4.69) is 93.6 Å². The first-order valence-electron chi connectivity index (χ1n) is 11.7. The zero-order valence-electron chi connectivity index (χ0n) is 20.8. The molecule has 0 fully saturated rings. The van der Waals surface area contributed by atoms with Gasteiger partial charge < -0.3 is 0 Å². The summed E-state index contributed by atoms with van der Waals surface area (Å²) in [7, 11) is 8.31. The Morgan fingerprint density at radius 2 is 1.14 bits per heavy atom. The molecule has 0 N–H and O–H groups in total. The van der Waals surface area contributed by atoms with E-state index < -0.39 is 18.7 Å². The topological polar surface area (TPSA) is 17.1 Å². The van der Waals surface area contributed by atoms with Crippen molar-refractivity contribution in [2.24, 2.45) is 0 Å². The molecular formula is C30H33Cl2OPRuS. The van der Waals surface area contributed by atoms with Gasteiger partial charge in [0.25, 0.3) is 0 Å². The Bertz CT molecular complexity index is 1090. The third-order valence-electron chi connectivity index (χ3n) is 5.39. The van der Waals surface area contributed by atoms with Crippen LogP contribution in [0.4, 0.5) is 0 Å². The van der Waals surface area contributed by atoms with E-state index in [-0.39, 0.29) is 15.1 Å². The first-order valence-corrected chi connectivity index (χ1v) is 19.0. The van der Waals surface area contributed by atoms with Crippen molar-refractivity contribution in [1.82, 2.24) is 0 Å². The van der Waals surface area contributed by atoms with Gasteiger partial charge in [-0.2, -0.15) is 0 Å². The molecule has 36 heavy (non-hydrogen) atoms. The fourth-order valence-electron chi connectivity index (χ4n) is 3.44. The SMILES string of the molecule is Cc1ccc(C(C)C)cc1.O=S(CCP(c1ccccc1)c1ccccc1)c1ccccc1.[Cl][Ru][Cl]. The van der Waals surface area contributed by atoms with E-state index in [9.17, 15) is 4.21 Å². The van der Waals surface area contributed by atoms with Crippen molar-refractivity contribution >= 4 is 48.7 Å². The second kappa shape index (κ2) is 18.0. The molecule has 4 aromatic rings. The van der Waals surface area contributed by atoms with Crippen LogP contribution in [0.3, 0.4) is 0 Å². The molecule has 0 aliphatic carbocycles. The molecule has 0 heterocycles. The van der Waals surface area contributed by atoms with Gasteiger partial charge in [-0.05, 0) is 55.2 Å². The average Bonchev–Trinajstić information content (AvgIpc) is 2.91. The number of aryl methyl sites for hydroxylation is 1. The minimum absolute atomic E-state index is 0.346. The van der Waals surface area contributed by atoms with Crippen LogP contribution in [0.15, 0.2) is 120 Å². The molecule has 1 unspecified atom stereocenters. The summed E-state index contributed by atoms with van der Waals surface area (Å²) >= 11 is -0.346. The maximum absolute atomic E-state index is 12.5. The van der Waals surface area contributed by atoms with Crippen molar-refractivity contribution in [3.05, 3.63) is 126 Å². The third kappa shape index (κ3) is 11.4. The third-order valence-corrected chi connectivity index (χ3v) is 9.58. The molecule has 0 bridgehead atoms. The molecule has 0 saturated carbocycles. The summed E-state index contributed by atoms with van der Waals surface area (Å²) in [5.41, 5.74) is 2.76. The van der Waals surface area contributed by atoms with Crippen molar-refractivity contribution < 1.29 is 19.4 Å². The minimum atomic E-state index is -0.935. The van der Waals surface area contributed by atoms with Crippen LogP contribution < -0.4 is 10.6 Å². The van der Waals surface area contributed by atoms with Gasteiger partial charge in [-0.25, -0.2) is 0 Å². The van der Waals surface area contributed by atoms with E-state index in [0.717, 1.165) is 11.1 Å². The van der Waals surface area contributed by atoms with Gasteiger partial charge >= 0.3 is 34.5 Å². The molecule has 0 aromatic heterocycles. The van der Waals surface area contributed by atoms with Crippen molar-refractivity contribution in [3.8, 4) is 0 Å². The Balaban J connectivity index is 0.000000292. The van der Waals surface area contributed by atoms with E-state index in [1.54, 1.807) is 0 Å². The first kappa shape index (κ1) is 30.9. The van der Waals surface area contributed by atoms with Crippen molar-refractivity contribution in [2.45, 2.75) is 31.6 Å². The summed E-state index contributed by atoms with van der Waals surface area (Å²) in [5.74, 6) is 1.35. The number of rotatable bonds is 7. The van der Waals surface area contributed by atoms with Crippen LogP contribution in [0.25, 0.3) is 0 Å². The average molecular weight is 645 g/mol. The summed E-state index contributed by atoms with van der Waals surface area (Å²) in [4.78, 5) is 0.920. The quantitative estimate of drug-likeness (QED) is 0.146. The normalized spacial score (nSPS) is 11.3. The Labute approximate surface area is 236 Å². The molecule has 0 aliphatic heterocycles. The molecule has 0 spiro atoms. The van der Waals surface area contributed by atoms with E-state index in [1.807, 2.05) is 42.5 Å². The zero-order chi connectivity index (χ0) is 26.2. The first-order chi connectivity index (χ1) is 17.5. The van der Waals surface area contributed by atoms with Crippen LogP contribution in [0.5, 0.6) is 0 Å². The van der Waals surface area contributed by atoms with Crippen LogP contribution in [-0.4, -0.2) is 16.1 Å². The molecule has 6 heteroatoms. The molecule has 0 amide bonds. The van der Waals surface area contributed by atoms with Crippen LogP contribution in [0.1, 0.15) is 30.9 Å². The predicted octanol–water partition coefficient (Wildman–Crippen LogP) is 8.42. The van der Waals surface area contributed by atoms with E-state index in [4.69, 9.17) is 19.4 Å². The van der Waals surface area contributed by atoms with Gasteiger partial charge in [0, 0.05) is 10.6 Å². The molecule has 4 rings (SSSR count). The number of halogens is 2. The van der Waals surface area contributed by atoms with Gasteiger partial charge in [-0.1, -0.05) is 123 Å². The second-order valence-electron chi connectivity index (χ2n) is 8.30. The Morgan fingerprint density at radius 3 is 1.56 bits per heavy atom. The van der Waals surface area contributed by atoms with Gasteiger partial charge in [0.1, 0.15) is 0 Å².